The third-order valence-corrected chi connectivity index (χ3v) is 6.19. The molecule has 1 fully saturated rings. The molecule has 3 rings (SSSR count). The highest BCUT2D eigenvalue weighted by Gasteiger charge is 2.28. The molecule has 2 atom stereocenters. The molecule has 0 aliphatic heterocycles. The number of hydrogen-bond acceptors (Lipinski definition) is 7. The molecule has 2 aromatic heterocycles. The van der Waals surface area contributed by atoms with Gasteiger partial charge in [-0.25, -0.2) is 4.98 Å². The maximum Gasteiger partial charge on any atom is 0.261 e. The van der Waals surface area contributed by atoms with E-state index in [4.69, 9.17) is 15.2 Å². The second-order valence-corrected chi connectivity index (χ2v) is 7.68. The minimum Gasteiger partial charge on any atom is -0.480 e. The molecular weight excluding hydrogens is 352 g/mol. The van der Waals surface area contributed by atoms with Crippen molar-refractivity contribution in [3.8, 4) is 5.88 Å². The number of methoxy groups -OCH3 is 2. The quantitative estimate of drug-likeness (QED) is 0.801. The van der Waals surface area contributed by atoms with Crippen molar-refractivity contribution in [2.45, 2.75) is 45.3 Å². The number of nitrogens with one attached hydrogen (secondary N) is 1. The molecule has 0 bridgehead atoms. The Morgan fingerprint density at radius 2 is 2.08 bits per heavy atom. The van der Waals surface area contributed by atoms with Gasteiger partial charge in [-0.15, -0.1) is 11.3 Å². The molecule has 0 saturated heterocycles. The Morgan fingerprint density at radius 3 is 2.77 bits per heavy atom. The second kappa shape index (κ2) is 8.28. The van der Waals surface area contributed by atoms with Crippen molar-refractivity contribution in [3.05, 3.63) is 16.3 Å². The van der Waals surface area contributed by atoms with Crippen LogP contribution in [-0.4, -0.2) is 42.7 Å². The number of nitrogens with two attached hydrogens (primary N) is 1. The van der Waals surface area contributed by atoms with Crippen LogP contribution in [0.1, 0.15) is 46.7 Å². The van der Waals surface area contributed by atoms with E-state index in [1.165, 1.54) is 17.8 Å². The van der Waals surface area contributed by atoms with E-state index in [9.17, 15) is 4.79 Å². The Bertz CT molecular complexity index is 792. The minimum absolute atomic E-state index is 0.0637. The number of fused-ring (bicyclic) bond motifs is 1. The predicted molar refractivity (Wildman–Crippen MR) is 102 cm³/mol. The molecule has 3 N–H and O–H groups in total. The van der Waals surface area contributed by atoms with Crippen molar-refractivity contribution in [3.63, 3.8) is 0 Å². The van der Waals surface area contributed by atoms with Crippen LogP contribution in [0.15, 0.2) is 0 Å². The van der Waals surface area contributed by atoms with Crippen LogP contribution in [-0.2, 0) is 11.3 Å². The average Bonchev–Trinajstić information content (AvgIpc) is 2.98. The van der Waals surface area contributed by atoms with Crippen LogP contribution in [0.3, 0.4) is 0 Å². The minimum atomic E-state index is -0.0637. The average molecular weight is 378 g/mol. The molecule has 2 unspecified atom stereocenters. The van der Waals surface area contributed by atoms with Gasteiger partial charge in [0.15, 0.2) is 5.82 Å². The van der Waals surface area contributed by atoms with E-state index in [1.807, 2.05) is 6.92 Å². The maximum absolute atomic E-state index is 12.9. The number of rotatable bonds is 6. The lowest BCUT2D eigenvalue weighted by molar-refractivity contribution is 0.0912. The van der Waals surface area contributed by atoms with E-state index < -0.39 is 0 Å². The SMILES string of the molecule is COCc1nc(OC)c2c(C)c(C(=O)NC3CCCCC3CN)sc2n1. The fourth-order valence-electron chi connectivity index (χ4n) is 3.62. The number of aromatic nitrogens is 2. The lowest BCUT2D eigenvalue weighted by Gasteiger charge is -2.31. The third-order valence-electron chi connectivity index (χ3n) is 5.00. The van der Waals surface area contributed by atoms with E-state index in [-0.39, 0.29) is 11.9 Å². The molecule has 2 aromatic rings. The summed E-state index contributed by atoms with van der Waals surface area (Å²) in [7, 11) is 3.17. The van der Waals surface area contributed by atoms with Gasteiger partial charge in [0, 0.05) is 13.2 Å². The first-order chi connectivity index (χ1) is 12.6. The first-order valence-electron chi connectivity index (χ1n) is 8.92. The second-order valence-electron chi connectivity index (χ2n) is 6.68. The molecule has 8 heteroatoms. The topological polar surface area (TPSA) is 99.4 Å². The summed E-state index contributed by atoms with van der Waals surface area (Å²) >= 11 is 1.37. The lowest BCUT2D eigenvalue weighted by Crippen LogP contribution is -2.44. The highest BCUT2D eigenvalue weighted by Crippen LogP contribution is 2.35. The zero-order chi connectivity index (χ0) is 18.7. The molecular formula is C18H26N4O3S. The fourth-order valence-corrected chi connectivity index (χ4v) is 4.71. The lowest BCUT2D eigenvalue weighted by atomic mass is 9.84. The molecule has 1 saturated carbocycles. The number of nitrogens with zero attached hydrogens (tertiary/aromatic N) is 2. The van der Waals surface area contributed by atoms with Gasteiger partial charge in [-0.2, -0.15) is 4.98 Å². The number of aryl methyl sites for hydroxylation is 1. The summed E-state index contributed by atoms with van der Waals surface area (Å²) in [6.07, 6.45) is 4.38. The fraction of sp³-hybridized carbons (Fsp3) is 0.611. The van der Waals surface area contributed by atoms with Crippen molar-refractivity contribution >= 4 is 27.5 Å². The van der Waals surface area contributed by atoms with Crippen molar-refractivity contribution in [1.29, 1.82) is 0 Å². The molecule has 26 heavy (non-hydrogen) atoms. The molecule has 2 heterocycles. The van der Waals surface area contributed by atoms with Crippen LogP contribution < -0.4 is 15.8 Å². The Morgan fingerprint density at radius 1 is 1.31 bits per heavy atom. The van der Waals surface area contributed by atoms with Crippen molar-refractivity contribution < 1.29 is 14.3 Å². The number of amides is 1. The first-order valence-corrected chi connectivity index (χ1v) is 9.74. The van der Waals surface area contributed by atoms with E-state index in [0.29, 0.717) is 35.7 Å². The van der Waals surface area contributed by atoms with Gasteiger partial charge in [-0.3, -0.25) is 4.79 Å². The molecule has 1 aliphatic carbocycles. The van der Waals surface area contributed by atoms with Crippen molar-refractivity contribution in [2.75, 3.05) is 20.8 Å². The van der Waals surface area contributed by atoms with E-state index in [2.05, 4.69) is 15.3 Å². The Labute approximate surface area is 157 Å². The Kier molecular flexibility index (Phi) is 6.05. The van der Waals surface area contributed by atoms with Crippen LogP contribution in [0, 0.1) is 12.8 Å². The smallest absolute Gasteiger partial charge is 0.261 e. The van der Waals surface area contributed by atoms with Gasteiger partial charge in [-0.1, -0.05) is 12.8 Å². The Balaban J connectivity index is 1.91. The highest BCUT2D eigenvalue weighted by molar-refractivity contribution is 7.20. The van der Waals surface area contributed by atoms with Crippen LogP contribution in [0.5, 0.6) is 5.88 Å². The monoisotopic (exact) mass is 378 g/mol. The predicted octanol–water partition coefficient (Wildman–Crippen LogP) is 2.40. The highest BCUT2D eigenvalue weighted by atomic mass is 32.1. The van der Waals surface area contributed by atoms with E-state index >= 15 is 0 Å². The first kappa shape index (κ1) is 19.0. The van der Waals surface area contributed by atoms with E-state index in [0.717, 1.165) is 35.0 Å². The van der Waals surface area contributed by atoms with Crippen LogP contribution in [0.2, 0.25) is 0 Å². The summed E-state index contributed by atoms with van der Waals surface area (Å²) in [4.78, 5) is 23.2. The number of ether oxygens (including phenoxy) is 2. The molecule has 7 nitrogen and oxygen atoms in total. The molecule has 0 radical (unpaired) electrons. The van der Waals surface area contributed by atoms with Gasteiger partial charge >= 0.3 is 0 Å². The van der Waals surface area contributed by atoms with Crippen LogP contribution in [0.25, 0.3) is 10.2 Å². The van der Waals surface area contributed by atoms with Gasteiger partial charge in [0.2, 0.25) is 5.88 Å². The van der Waals surface area contributed by atoms with Gasteiger partial charge in [0.1, 0.15) is 11.4 Å². The molecule has 1 amide bonds. The summed E-state index contributed by atoms with van der Waals surface area (Å²) < 4.78 is 10.5. The number of thiophene rings is 1. The van der Waals surface area contributed by atoms with Crippen molar-refractivity contribution in [1.82, 2.24) is 15.3 Å². The largest absolute Gasteiger partial charge is 0.480 e. The molecule has 142 valence electrons. The number of carbonyl (C=O) groups is 1. The van der Waals surface area contributed by atoms with Crippen molar-refractivity contribution in [2.24, 2.45) is 11.7 Å². The summed E-state index contributed by atoms with van der Waals surface area (Å²) in [5.74, 6) is 1.31. The molecule has 0 aromatic carbocycles. The maximum atomic E-state index is 12.9. The zero-order valence-electron chi connectivity index (χ0n) is 15.5. The van der Waals surface area contributed by atoms with Gasteiger partial charge in [-0.05, 0) is 37.8 Å². The molecule has 0 spiro atoms. The third kappa shape index (κ3) is 3.67. The molecule has 1 aliphatic rings. The van der Waals surface area contributed by atoms with E-state index in [1.54, 1.807) is 14.2 Å². The van der Waals surface area contributed by atoms with Crippen LogP contribution in [0.4, 0.5) is 0 Å². The van der Waals surface area contributed by atoms with Gasteiger partial charge in [0.05, 0.1) is 17.4 Å². The zero-order valence-corrected chi connectivity index (χ0v) is 16.3. The van der Waals surface area contributed by atoms with Gasteiger partial charge in [0.25, 0.3) is 5.91 Å². The van der Waals surface area contributed by atoms with Crippen LogP contribution >= 0.6 is 11.3 Å². The Hall–Kier alpha value is -1.77. The summed E-state index contributed by atoms with van der Waals surface area (Å²) in [5, 5.41) is 3.99. The number of carbonyl (C=O) groups excluding carboxylic acids is 1. The number of hydrogen-bond donors (Lipinski definition) is 2. The summed E-state index contributed by atoms with van der Waals surface area (Å²) in [5.41, 5.74) is 6.74. The van der Waals surface area contributed by atoms with Gasteiger partial charge < -0.3 is 20.5 Å². The normalized spacial score (nSPS) is 20.3. The summed E-state index contributed by atoms with van der Waals surface area (Å²) in [6, 6.07) is 0.142. The summed E-state index contributed by atoms with van der Waals surface area (Å²) in [6.45, 7) is 2.82. The standard InChI is InChI=1S/C18H26N4O3S/c1-10-14-17(25-3)21-13(9-24-2)22-18(14)26-15(10)16(23)20-12-7-5-4-6-11(12)8-19/h11-12H,4-9,19H2,1-3H3,(H,20,23).